The number of carbonyl (C=O) groups excluding carboxylic acids is 2. The van der Waals surface area contributed by atoms with Crippen molar-refractivity contribution in [2.24, 2.45) is 0 Å². The molecule has 1 unspecified atom stereocenters. The molecule has 0 spiro atoms. The van der Waals surface area contributed by atoms with Gasteiger partial charge in [-0.1, -0.05) is 0 Å². The third-order valence-corrected chi connectivity index (χ3v) is 5.81. The van der Waals surface area contributed by atoms with Gasteiger partial charge in [-0.05, 0) is 37.6 Å². The normalized spacial score (nSPS) is 12.5. The van der Waals surface area contributed by atoms with E-state index < -0.39 is 28.0 Å². The molecule has 0 saturated carbocycles. The molecule has 1 aromatic rings. The number of sulfonamides is 1. The van der Waals surface area contributed by atoms with E-state index in [4.69, 9.17) is 0 Å². The highest BCUT2D eigenvalue weighted by molar-refractivity contribution is 7.89. The summed E-state index contributed by atoms with van der Waals surface area (Å²) in [6, 6.07) is 2.55. The first-order chi connectivity index (χ1) is 12.0. The lowest BCUT2D eigenvalue weighted by atomic mass is 10.1. The summed E-state index contributed by atoms with van der Waals surface area (Å²) in [5.41, 5.74) is 0.454. The number of carboxylic acids is 1. The third kappa shape index (κ3) is 5.02. The largest absolute Gasteiger partial charge is 0.480 e. The van der Waals surface area contributed by atoms with E-state index >= 15 is 0 Å². The summed E-state index contributed by atoms with van der Waals surface area (Å²) >= 11 is 0. The van der Waals surface area contributed by atoms with Crippen LogP contribution in [0, 0.1) is 6.92 Å². The Balaban J connectivity index is 3.28. The monoisotopic (exact) mass is 386 g/mol. The molecule has 144 valence electrons. The highest BCUT2D eigenvalue weighted by atomic mass is 32.2. The Morgan fingerprint density at radius 2 is 1.92 bits per heavy atom. The minimum atomic E-state index is -4.17. The van der Waals surface area contributed by atoms with E-state index in [0.717, 1.165) is 4.31 Å². The Bertz CT molecular complexity index is 805. The van der Waals surface area contributed by atoms with Crippen molar-refractivity contribution in [3.8, 4) is 0 Å². The van der Waals surface area contributed by atoms with Crippen molar-refractivity contribution in [1.29, 1.82) is 0 Å². The lowest BCUT2D eigenvalue weighted by molar-refractivity contribution is -0.140. The van der Waals surface area contributed by atoms with Crippen molar-refractivity contribution in [1.82, 2.24) is 9.62 Å². The number of benzene rings is 1. The van der Waals surface area contributed by atoms with Crippen LogP contribution < -0.4 is 5.32 Å². The predicted molar refractivity (Wildman–Crippen MR) is 92.2 cm³/mol. The number of carboxylic acid groups (broad SMARTS) is 1. The van der Waals surface area contributed by atoms with Crippen LogP contribution in [0.15, 0.2) is 23.1 Å². The maximum Gasteiger partial charge on any atom is 0.337 e. The lowest BCUT2D eigenvalue weighted by Crippen LogP contribution is -2.46. The zero-order valence-electron chi connectivity index (χ0n) is 15.0. The molecule has 0 heterocycles. The second kappa shape index (κ2) is 8.77. The summed E-state index contributed by atoms with van der Waals surface area (Å²) in [4.78, 5) is 33.8. The molecule has 0 saturated heterocycles. The average Bonchev–Trinajstić information content (AvgIpc) is 2.56. The van der Waals surface area contributed by atoms with Crippen molar-refractivity contribution in [3.63, 3.8) is 0 Å². The Morgan fingerprint density at radius 1 is 1.31 bits per heavy atom. The summed E-state index contributed by atoms with van der Waals surface area (Å²) in [6.07, 6.45) is 0. The molecular weight excluding hydrogens is 364 g/mol. The lowest BCUT2D eigenvalue weighted by Gasteiger charge is -2.26. The molecule has 0 fully saturated rings. The van der Waals surface area contributed by atoms with Crippen LogP contribution in [-0.2, 0) is 24.3 Å². The minimum Gasteiger partial charge on any atom is -0.480 e. The van der Waals surface area contributed by atoms with Gasteiger partial charge in [-0.2, -0.15) is 4.31 Å². The van der Waals surface area contributed by atoms with Crippen LogP contribution in [0.2, 0.25) is 0 Å². The SMILES string of the molecule is COC(=O)c1ccc(S(=O)(=O)N(CCNC(C)=O)C(C)C(=O)O)c(C)c1. The van der Waals surface area contributed by atoms with Gasteiger partial charge >= 0.3 is 11.9 Å². The van der Waals surface area contributed by atoms with Crippen molar-refractivity contribution in [2.45, 2.75) is 31.7 Å². The van der Waals surface area contributed by atoms with Crippen molar-refractivity contribution in [3.05, 3.63) is 29.3 Å². The quantitative estimate of drug-likeness (QED) is 0.618. The van der Waals surface area contributed by atoms with Gasteiger partial charge in [0.05, 0.1) is 17.6 Å². The van der Waals surface area contributed by atoms with Gasteiger partial charge in [0.1, 0.15) is 6.04 Å². The number of aryl methyl sites for hydroxylation is 1. The second-order valence-corrected chi connectivity index (χ2v) is 7.44. The van der Waals surface area contributed by atoms with Crippen LogP contribution in [0.3, 0.4) is 0 Å². The number of hydrogen-bond acceptors (Lipinski definition) is 6. The molecule has 1 aromatic carbocycles. The molecular formula is C16H22N2O7S. The van der Waals surface area contributed by atoms with Crippen LogP contribution in [0.5, 0.6) is 0 Å². The molecule has 26 heavy (non-hydrogen) atoms. The molecule has 0 aliphatic heterocycles. The molecule has 10 heteroatoms. The highest BCUT2D eigenvalue weighted by Gasteiger charge is 2.33. The Labute approximate surface area is 152 Å². The predicted octanol–water partition coefficient (Wildman–Crippen LogP) is 0.382. The molecule has 1 atom stereocenters. The number of esters is 1. The summed E-state index contributed by atoms with van der Waals surface area (Å²) in [5.74, 6) is -2.29. The first-order valence-corrected chi connectivity index (χ1v) is 9.14. The molecule has 0 aliphatic rings. The van der Waals surface area contributed by atoms with E-state index in [2.05, 4.69) is 10.1 Å². The van der Waals surface area contributed by atoms with Gasteiger partial charge in [0.15, 0.2) is 0 Å². The number of rotatable bonds is 8. The third-order valence-electron chi connectivity index (χ3n) is 3.68. The first kappa shape index (κ1) is 21.6. The number of ether oxygens (including phenoxy) is 1. The van der Waals surface area contributed by atoms with Gasteiger partial charge in [0.2, 0.25) is 15.9 Å². The number of nitrogens with one attached hydrogen (secondary N) is 1. The second-order valence-electron chi connectivity index (χ2n) is 5.58. The van der Waals surface area contributed by atoms with Gasteiger partial charge in [-0.15, -0.1) is 0 Å². The number of nitrogens with zero attached hydrogens (tertiary/aromatic N) is 1. The van der Waals surface area contributed by atoms with E-state index in [1.807, 2.05) is 0 Å². The van der Waals surface area contributed by atoms with Crippen LogP contribution in [0.4, 0.5) is 0 Å². The van der Waals surface area contributed by atoms with Crippen LogP contribution in [0.1, 0.15) is 29.8 Å². The number of amides is 1. The summed E-state index contributed by atoms with van der Waals surface area (Å²) in [7, 11) is -2.97. The van der Waals surface area contributed by atoms with Gasteiger partial charge in [0, 0.05) is 20.0 Å². The smallest absolute Gasteiger partial charge is 0.337 e. The van der Waals surface area contributed by atoms with Crippen LogP contribution in [-0.4, -0.2) is 61.9 Å². The summed E-state index contributed by atoms with van der Waals surface area (Å²) in [5, 5.41) is 11.7. The van der Waals surface area contributed by atoms with Gasteiger partial charge < -0.3 is 15.2 Å². The van der Waals surface area contributed by atoms with E-state index in [-0.39, 0.29) is 35.0 Å². The number of hydrogen-bond donors (Lipinski definition) is 2. The Morgan fingerprint density at radius 3 is 2.38 bits per heavy atom. The molecule has 0 aromatic heterocycles. The Hall–Kier alpha value is -2.46. The maximum absolute atomic E-state index is 13.0. The van der Waals surface area contributed by atoms with E-state index in [1.54, 1.807) is 0 Å². The van der Waals surface area contributed by atoms with Crippen molar-refractivity contribution >= 4 is 27.9 Å². The standard InChI is InChI=1S/C16H22N2O7S/c1-10-9-13(16(22)25-4)5-6-14(10)26(23,24)18(11(2)15(20)21)8-7-17-12(3)19/h5-6,9,11H,7-8H2,1-4H3,(H,17,19)(H,20,21). The summed E-state index contributed by atoms with van der Waals surface area (Å²) in [6.45, 7) is 3.76. The summed E-state index contributed by atoms with van der Waals surface area (Å²) < 4.78 is 31.3. The van der Waals surface area contributed by atoms with Gasteiger partial charge in [0.25, 0.3) is 0 Å². The molecule has 1 amide bonds. The molecule has 1 rings (SSSR count). The molecule has 0 bridgehead atoms. The van der Waals surface area contributed by atoms with Crippen LogP contribution in [0.25, 0.3) is 0 Å². The van der Waals surface area contributed by atoms with Crippen LogP contribution >= 0.6 is 0 Å². The molecule has 9 nitrogen and oxygen atoms in total. The zero-order chi connectivity index (χ0) is 20.1. The molecule has 0 aliphatic carbocycles. The van der Waals surface area contributed by atoms with E-state index in [1.165, 1.54) is 46.1 Å². The van der Waals surface area contributed by atoms with Gasteiger partial charge in [-0.3, -0.25) is 9.59 Å². The number of methoxy groups -OCH3 is 1. The van der Waals surface area contributed by atoms with E-state index in [0.29, 0.717) is 0 Å². The fourth-order valence-corrected chi connectivity index (χ4v) is 4.09. The minimum absolute atomic E-state index is 0.0362. The van der Waals surface area contributed by atoms with E-state index in [9.17, 15) is 27.9 Å². The fourth-order valence-electron chi connectivity index (χ4n) is 2.30. The maximum atomic E-state index is 13.0. The fraction of sp³-hybridized carbons (Fsp3) is 0.438. The number of carbonyl (C=O) groups is 3. The van der Waals surface area contributed by atoms with Crippen molar-refractivity contribution < 1.29 is 32.6 Å². The Kier molecular flexibility index (Phi) is 7.28. The molecule has 2 N–H and O–H groups in total. The van der Waals surface area contributed by atoms with Crippen molar-refractivity contribution in [2.75, 3.05) is 20.2 Å². The molecule has 0 radical (unpaired) electrons. The first-order valence-electron chi connectivity index (χ1n) is 7.70. The average molecular weight is 386 g/mol. The zero-order valence-corrected chi connectivity index (χ0v) is 15.8. The topological polar surface area (TPSA) is 130 Å². The highest BCUT2D eigenvalue weighted by Crippen LogP contribution is 2.23. The van der Waals surface area contributed by atoms with Gasteiger partial charge in [-0.25, -0.2) is 13.2 Å². The number of aliphatic carboxylic acids is 1.